The van der Waals surface area contributed by atoms with Crippen molar-refractivity contribution in [2.45, 2.75) is 45.6 Å². The van der Waals surface area contributed by atoms with Crippen molar-refractivity contribution in [1.82, 2.24) is 15.1 Å². The van der Waals surface area contributed by atoms with Crippen LogP contribution in [-0.4, -0.2) is 45.8 Å². The standard InChI is InChI=1S/C21H26N4O6/c1-3-30-21(27)20-18(31-13-19(26)22-17-7-5-4-6-14(17)2)12-24(23-20)15-8-10-16(11-9-15)25(28)29/h8-12,14,17H,3-7,13H2,1-2H3,(H,22,26)/t14-,17+/m0/s1. The Labute approximate surface area is 179 Å². The number of nitrogens with one attached hydrogen (secondary N) is 1. The predicted octanol–water partition coefficient (Wildman–Crippen LogP) is 3.03. The highest BCUT2D eigenvalue weighted by Gasteiger charge is 2.24. The highest BCUT2D eigenvalue weighted by molar-refractivity contribution is 5.90. The molecular weight excluding hydrogens is 404 g/mol. The first-order valence-electron chi connectivity index (χ1n) is 10.3. The maximum absolute atomic E-state index is 12.4. The Balaban J connectivity index is 1.74. The first-order chi connectivity index (χ1) is 14.9. The van der Waals surface area contributed by atoms with Crippen LogP contribution in [0.2, 0.25) is 0 Å². The molecule has 0 saturated heterocycles. The molecule has 2 atom stereocenters. The lowest BCUT2D eigenvalue weighted by Crippen LogP contribution is -2.43. The third-order valence-electron chi connectivity index (χ3n) is 5.29. The molecule has 1 aromatic heterocycles. The lowest BCUT2D eigenvalue weighted by atomic mass is 9.86. The fourth-order valence-electron chi connectivity index (χ4n) is 3.59. The van der Waals surface area contributed by atoms with Crippen LogP contribution in [0.25, 0.3) is 5.69 Å². The first kappa shape index (κ1) is 22.3. The molecule has 0 spiro atoms. The monoisotopic (exact) mass is 430 g/mol. The van der Waals surface area contributed by atoms with Crippen molar-refractivity contribution in [3.63, 3.8) is 0 Å². The average molecular weight is 430 g/mol. The SMILES string of the molecule is CCOC(=O)c1nn(-c2ccc([N+](=O)[O-])cc2)cc1OCC(=O)N[C@@H]1CCCC[C@@H]1C. The van der Waals surface area contributed by atoms with Gasteiger partial charge in [-0.05, 0) is 37.8 Å². The number of non-ortho nitro benzene ring substituents is 1. The van der Waals surface area contributed by atoms with Gasteiger partial charge in [-0.2, -0.15) is 5.10 Å². The minimum Gasteiger partial charge on any atom is -0.480 e. The molecule has 1 fully saturated rings. The first-order valence-corrected chi connectivity index (χ1v) is 10.3. The molecule has 0 radical (unpaired) electrons. The lowest BCUT2D eigenvalue weighted by molar-refractivity contribution is -0.384. The van der Waals surface area contributed by atoms with Crippen LogP contribution in [0, 0.1) is 16.0 Å². The van der Waals surface area contributed by atoms with E-state index in [-0.39, 0.29) is 42.3 Å². The van der Waals surface area contributed by atoms with E-state index in [9.17, 15) is 19.7 Å². The van der Waals surface area contributed by atoms with E-state index in [1.807, 2.05) is 0 Å². The van der Waals surface area contributed by atoms with Gasteiger partial charge in [0.15, 0.2) is 12.4 Å². The van der Waals surface area contributed by atoms with Crippen LogP contribution >= 0.6 is 0 Å². The van der Waals surface area contributed by atoms with Crippen molar-refractivity contribution in [3.05, 3.63) is 46.3 Å². The molecule has 0 unspecified atom stereocenters. The molecule has 1 aliphatic rings. The van der Waals surface area contributed by atoms with Gasteiger partial charge in [-0.15, -0.1) is 0 Å². The summed E-state index contributed by atoms with van der Waals surface area (Å²) in [5.41, 5.74) is 0.358. The Kier molecular flexibility index (Phi) is 7.22. The molecule has 31 heavy (non-hydrogen) atoms. The van der Waals surface area contributed by atoms with Crippen molar-refractivity contribution in [2.24, 2.45) is 5.92 Å². The zero-order chi connectivity index (χ0) is 22.4. The van der Waals surface area contributed by atoms with E-state index >= 15 is 0 Å². The van der Waals surface area contributed by atoms with Crippen molar-refractivity contribution < 1.29 is 24.0 Å². The van der Waals surface area contributed by atoms with Crippen LogP contribution in [0.5, 0.6) is 5.75 Å². The summed E-state index contributed by atoms with van der Waals surface area (Å²) in [6.07, 6.45) is 5.74. The van der Waals surface area contributed by atoms with Gasteiger partial charge in [-0.1, -0.05) is 19.8 Å². The summed E-state index contributed by atoms with van der Waals surface area (Å²) in [5, 5.41) is 18.0. The summed E-state index contributed by atoms with van der Waals surface area (Å²) in [6, 6.07) is 5.79. The van der Waals surface area contributed by atoms with Gasteiger partial charge in [-0.25, -0.2) is 9.48 Å². The molecule has 1 N–H and O–H groups in total. The molecule has 166 valence electrons. The van der Waals surface area contributed by atoms with Gasteiger partial charge < -0.3 is 14.8 Å². The quantitative estimate of drug-likeness (QED) is 0.387. The van der Waals surface area contributed by atoms with E-state index in [1.54, 1.807) is 6.92 Å². The molecule has 0 bridgehead atoms. The molecule has 1 aliphatic carbocycles. The van der Waals surface area contributed by atoms with Crippen LogP contribution in [-0.2, 0) is 9.53 Å². The Morgan fingerprint density at radius 2 is 1.97 bits per heavy atom. The third kappa shape index (κ3) is 5.59. The van der Waals surface area contributed by atoms with Crippen LogP contribution in [0.3, 0.4) is 0 Å². The second kappa shape index (κ2) is 10.1. The number of nitro groups is 1. The summed E-state index contributed by atoms with van der Waals surface area (Å²) in [5.74, 6) is -0.433. The summed E-state index contributed by atoms with van der Waals surface area (Å²) < 4.78 is 12.0. The zero-order valence-corrected chi connectivity index (χ0v) is 17.6. The highest BCUT2D eigenvalue weighted by atomic mass is 16.6. The number of rotatable bonds is 8. The normalized spacial score (nSPS) is 18.3. The predicted molar refractivity (Wildman–Crippen MR) is 111 cm³/mol. The lowest BCUT2D eigenvalue weighted by Gasteiger charge is -2.29. The van der Waals surface area contributed by atoms with E-state index in [0.717, 1.165) is 19.3 Å². The van der Waals surface area contributed by atoms with E-state index in [0.29, 0.717) is 11.6 Å². The van der Waals surface area contributed by atoms with E-state index in [1.165, 1.54) is 41.6 Å². The van der Waals surface area contributed by atoms with Gasteiger partial charge in [0.25, 0.3) is 11.6 Å². The fraction of sp³-hybridized carbons (Fsp3) is 0.476. The van der Waals surface area contributed by atoms with Crippen molar-refractivity contribution in [2.75, 3.05) is 13.2 Å². The summed E-state index contributed by atoms with van der Waals surface area (Å²) in [4.78, 5) is 35.0. The molecule has 10 heteroatoms. The Hall–Kier alpha value is -3.43. The average Bonchev–Trinajstić information content (AvgIpc) is 3.18. The highest BCUT2D eigenvalue weighted by Crippen LogP contribution is 2.24. The number of esters is 1. The number of carbonyl (C=O) groups excluding carboxylic acids is 2. The van der Waals surface area contributed by atoms with Crippen LogP contribution in [0.1, 0.15) is 50.0 Å². The van der Waals surface area contributed by atoms with E-state index in [2.05, 4.69) is 17.3 Å². The van der Waals surface area contributed by atoms with Crippen LogP contribution in [0.15, 0.2) is 30.5 Å². The van der Waals surface area contributed by atoms with Gasteiger partial charge in [-0.3, -0.25) is 14.9 Å². The molecule has 2 aromatic rings. The molecular formula is C21H26N4O6. The minimum absolute atomic E-state index is 0.0633. The number of amides is 1. The number of ether oxygens (including phenoxy) is 2. The van der Waals surface area contributed by atoms with Gasteiger partial charge >= 0.3 is 5.97 Å². The number of nitro benzene ring substituents is 1. The number of benzene rings is 1. The summed E-state index contributed by atoms with van der Waals surface area (Å²) in [7, 11) is 0. The smallest absolute Gasteiger partial charge is 0.362 e. The Morgan fingerprint density at radius 3 is 2.61 bits per heavy atom. The largest absolute Gasteiger partial charge is 0.480 e. The zero-order valence-electron chi connectivity index (χ0n) is 17.6. The second-order valence-corrected chi connectivity index (χ2v) is 7.50. The number of hydrogen-bond acceptors (Lipinski definition) is 7. The van der Waals surface area contributed by atoms with Gasteiger partial charge in [0, 0.05) is 18.2 Å². The van der Waals surface area contributed by atoms with Gasteiger partial charge in [0.2, 0.25) is 5.69 Å². The van der Waals surface area contributed by atoms with Crippen LogP contribution < -0.4 is 10.1 Å². The van der Waals surface area contributed by atoms with Gasteiger partial charge in [0.05, 0.1) is 23.4 Å². The van der Waals surface area contributed by atoms with Crippen molar-refractivity contribution in [1.29, 1.82) is 0 Å². The molecule has 0 aliphatic heterocycles. The molecule has 1 saturated carbocycles. The molecule has 1 amide bonds. The van der Waals surface area contributed by atoms with Crippen molar-refractivity contribution in [3.8, 4) is 11.4 Å². The fourth-order valence-corrected chi connectivity index (χ4v) is 3.59. The Bertz CT molecular complexity index is 940. The Morgan fingerprint density at radius 1 is 1.26 bits per heavy atom. The number of aromatic nitrogens is 2. The topological polar surface area (TPSA) is 126 Å². The third-order valence-corrected chi connectivity index (χ3v) is 5.29. The maximum atomic E-state index is 12.4. The van der Waals surface area contributed by atoms with Crippen LogP contribution in [0.4, 0.5) is 5.69 Å². The van der Waals surface area contributed by atoms with Crippen molar-refractivity contribution >= 4 is 17.6 Å². The van der Waals surface area contributed by atoms with Gasteiger partial charge in [0.1, 0.15) is 0 Å². The molecule has 1 aromatic carbocycles. The molecule has 10 nitrogen and oxygen atoms in total. The van der Waals surface area contributed by atoms with E-state index in [4.69, 9.17) is 9.47 Å². The maximum Gasteiger partial charge on any atom is 0.362 e. The number of hydrogen-bond donors (Lipinski definition) is 1. The second-order valence-electron chi connectivity index (χ2n) is 7.50. The van der Waals surface area contributed by atoms with E-state index < -0.39 is 10.9 Å². The minimum atomic E-state index is -0.681. The molecule has 1 heterocycles. The summed E-state index contributed by atoms with van der Waals surface area (Å²) >= 11 is 0. The number of carbonyl (C=O) groups is 2. The number of nitrogens with zero attached hydrogens (tertiary/aromatic N) is 3. The molecule has 3 rings (SSSR count). The summed E-state index contributed by atoms with van der Waals surface area (Å²) in [6.45, 7) is 3.69.